The predicted molar refractivity (Wildman–Crippen MR) is 93.6 cm³/mol. The third-order valence-electron chi connectivity index (χ3n) is 4.43. The van der Waals surface area contributed by atoms with Gasteiger partial charge in [-0.3, -0.25) is 4.98 Å². The number of piperidine rings is 1. The SMILES string of the molecule is CC1CCCN(CCNc2cc(C(F)(F)F)nc(-c3ccncc3)n2)C1. The summed E-state index contributed by atoms with van der Waals surface area (Å²) in [4.78, 5) is 14.1. The minimum Gasteiger partial charge on any atom is -0.369 e. The van der Waals surface area contributed by atoms with E-state index in [1.165, 1.54) is 25.2 Å². The lowest BCUT2D eigenvalue weighted by atomic mass is 10.0. The summed E-state index contributed by atoms with van der Waals surface area (Å²) in [5.41, 5.74) is -0.451. The zero-order chi connectivity index (χ0) is 18.6. The van der Waals surface area contributed by atoms with Gasteiger partial charge >= 0.3 is 6.18 Å². The fourth-order valence-electron chi connectivity index (χ4n) is 3.14. The molecule has 2 aromatic heterocycles. The monoisotopic (exact) mass is 365 g/mol. The fraction of sp³-hybridized carbons (Fsp3) is 0.500. The molecule has 0 saturated carbocycles. The average molecular weight is 365 g/mol. The molecule has 8 heteroatoms. The largest absolute Gasteiger partial charge is 0.433 e. The fourth-order valence-corrected chi connectivity index (χ4v) is 3.14. The van der Waals surface area contributed by atoms with Crippen LogP contribution in [0.3, 0.4) is 0 Å². The second-order valence-corrected chi connectivity index (χ2v) is 6.67. The van der Waals surface area contributed by atoms with E-state index in [9.17, 15) is 13.2 Å². The van der Waals surface area contributed by atoms with Crippen LogP contribution in [0.5, 0.6) is 0 Å². The predicted octanol–water partition coefficient (Wildman–Crippen LogP) is 3.70. The third kappa shape index (κ3) is 4.91. The van der Waals surface area contributed by atoms with Crippen molar-refractivity contribution >= 4 is 5.82 Å². The van der Waals surface area contributed by atoms with Gasteiger partial charge in [0, 0.05) is 43.7 Å². The highest BCUT2D eigenvalue weighted by Gasteiger charge is 2.33. The second kappa shape index (κ2) is 7.99. The van der Waals surface area contributed by atoms with Crippen molar-refractivity contribution in [1.82, 2.24) is 19.9 Å². The maximum absolute atomic E-state index is 13.2. The van der Waals surface area contributed by atoms with Gasteiger partial charge in [0.2, 0.25) is 0 Å². The number of hydrogen-bond donors (Lipinski definition) is 1. The lowest BCUT2D eigenvalue weighted by Gasteiger charge is -2.30. The Kier molecular flexibility index (Phi) is 5.70. The van der Waals surface area contributed by atoms with Crippen LogP contribution in [0, 0.1) is 5.92 Å². The maximum atomic E-state index is 13.2. The highest BCUT2D eigenvalue weighted by atomic mass is 19.4. The molecule has 1 fully saturated rings. The molecule has 1 unspecified atom stereocenters. The first-order valence-corrected chi connectivity index (χ1v) is 8.75. The highest BCUT2D eigenvalue weighted by molar-refractivity contribution is 5.57. The second-order valence-electron chi connectivity index (χ2n) is 6.67. The van der Waals surface area contributed by atoms with Gasteiger partial charge in [0.1, 0.15) is 5.82 Å². The van der Waals surface area contributed by atoms with E-state index in [1.807, 2.05) is 0 Å². The standard InChI is InChI=1S/C18H22F3N5/c1-13-3-2-9-26(12-13)10-8-23-16-11-15(18(19,20)21)24-17(25-16)14-4-6-22-7-5-14/h4-7,11,13H,2-3,8-10,12H2,1H3,(H,23,24,25). The van der Waals surface area contributed by atoms with Crippen LogP contribution in [0.25, 0.3) is 11.4 Å². The number of aromatic nitrogens is 3. The zero-order valence-corrected chi connectivity index (χ0v) is 14.6. The van der Waals surface area contributed by atoms with E-state index in [0.717, 1.165) is 25.7 Å². The van der Waals surface area contributed by atoms with E-state index in [2.05, 4.69) is 32.1 Å². The Bertz CT molecular complexity index is 721. The minimum atomic E-state index is -4.52. The van der Waals surface area contributed by atoms with Crippen molar-refractivity contribution in [3.8, 4) is 11.4 Å². The Morgan fingerprint density at radius 2 is 2.00 bits per heavy atom. The summed E-state index contributed by atoms with van der Waals surface area (Å²) >= 11 is 0. The molecule has 3 heterocycles. The summed E-state index contributed by atoms with van der Waals surface area (Å²) in [6, 6.07) is 4.15. The van der Waals surface area contributed by atoms with Gasteiger partial charge in [0.25, 0.3) is 0 Å². The first kappa shape index (κ1) is 18.6. The molecule has 1 saturated heterocycles. The number of anilines is 1. The van der Waals surface area contributed by atoms with Crippen molar-refractivity contribution < 1.29 is 13.2 Å². The Labute approximate surface area is 150 Å². The first-order chi connectivity index (χ1) is 12.4. The molecule has 3 rings (SSSR count). The number of hydrogen-bond acceptors (Lipinski definition) is 5. The molecule has 1 aliphatic heterocycles. The number of pyridine rings is 1. The summed E-state index contributed by atoms with van der Waals surface area (Å²) in [5.74, 6) is 0.887. The van der Waals surface area contributed by atoms with Gasteiger partial charge < -0.3 is 10.2 Å². The zero-order valence-electron chi connectivity index (χ0n) is 14.6. The van der Waals surface area contributed by atoms with Crippen molar-refractivity contribution in [1.29, 1.82) is 0 Å². The van der Waals surface area contributed by atoms with Crippen molar-refractivity contribution in [2.24, 2.45) is 5.92 Å². The molecule has 2 aromatic rings. The summed E-state index contributed by atoms with van der Waals surface area (Å²) in [7, 11) is 0. The molecule has 0 radical (unpaired) electrons. The van der Waals surface area contributed by atoms with Crippen LogP contribution in [0.4, 0.5) is 19.0 Å². The molecule has 0 aromatic carbocycles. The molecular weight excluding hydrogens is 343 g/mol. The van der Waals surface area contributed by atoms with Crippen LogP contribution in [0.15, 0.2) is 30.6 Å². The highest BCUT2D eigenvalue weighted by Crippen LogP contribution is 2.30. The molecule has 26 heavy (non-hydrogen) atoms. The number of alkyl halides is 3. The van der Waals surface area contributed by atoms with Crippen LogP contribution >= 0.6 is 0 Å². The van der Waals surface area contributed by atoms with Gasteiger partial charge in [-0.1, -0.05) is 6.92 Å². The summed E-state index contributed by atoms with van der Waals surface area (Å²) < 4.78 is 39.5. The Morgan fingerprint density at radius 3 is 2.69 bits per heavy atom. The number of halogens is 3. The van der Waals surface area contributed by atoms with E-state index in [1.54, 1.807) is 12.1 Å². The van der Waals surface area contributed by atoms with E-state index >= 15 is 0 Å². The van der Waals surface area contributed by atoms with E-state index in [0.29, 0.717) is 18.0 Å². The van der Waals surface area contributed by atoms with Crippen LogP contribution in [-0.4, -0.2) is 46.0 Å². The Hall–Kier alpha value is -2.22. The third-order valence-corrected chi connectivity index (χ3v) is 4.43. The van der Waals surface area contributed by atoms with Crippen molar-refractivity contribution in [3.63, 3.8) is 0 Å². The van der Waals surface area contributed by atoms with E-state index < -0.39 is 11.9 Å². The Balaban J connectivity index is 1.73. The molecule has 140 valence electrons. The van der Waals surface area contributed by atoms with Crippen LogP contribution < -0.4 is 5.32 Å². The number of nitrogens with one attached hydrogen (secondary N) is 1. The summed E-state index contributed by atoms with van der Waals surface area (Å²) in [6.45, 7) is 5.60. The van der Waals surface area contributed by atoms with Gasteiger partial charge in [-0.15, -0.1) is 0 Å². The van der Waals surface area contributed by atoms with Gasteiger partial charge in [-0.05, 0) is 37.4 Å². The van der Waals surface area contributed by atoms with Crippen LogP contribution in [0.2, 0.25) is 0 Å². The Morgan fingerprint density at radius 1 is 1.23 bits per heavy atom. The summed E-state index contributed by atoms with van der Waals surface area (Å²) in [5, 5.41) is 3.02. The molecule has 0 bridgehead atoms. The molecule has 1 atom stereocenters. The van der Waals surface area contributed by atoms with Gasteiger partial charge in [-0.2, -0.15) is 13.2 Å². The smallest absolute Gasteiger partial charge is 0.369 e. The van der Waals surface area contributed by atoms with Crippen LogP contribution in [0.1, 0.15) is 25.5 Å². The molecule has 5 nitrogen and oxygen atoms in total. The van der Waals surface area contributed by atoms with Gasteiger partial charge in [0.05, 0.1) is 0 Å². The maximum Gasteiger partial charge on any atom is 0.433 e. The van der Waals surface area contributed by atoms with Crippen LogP contribution in [-0.2, 0) is 6.18 Å². The van der Waals surface area contributed by atoms with E-state index in [-0.39, 0.29) is 11.6 Å². The normalized spacial score (nSPS) is 18.7. The number of rotatable bonds is 5. The number of likely N-dealkylation sites (tertiary alicyclic amines) is 1. The molecular formula is C18H22F3N5. The van der Waals surface area contributed by atoms with E-state index in [4.69, 9.17) is 0 Å². The minimum absolute atomic E-state index is 0.0383. The van der Waals surface area contributed by atoms with Crippen molar-refractivity contribution in [2.75, 3.05) is 31.5 Å². The topological polar surface area (TPSA) is 53.9 Å². The quantitative estimate of drug-likeness (QED) is 0.876. The van der Waals surface area contributed by atoms with Crippen molar-refractivity contribution in [2.45, 2.75) is 25.9 Å². The van der Waals surface area contributed by atoms with Gasteiger partial charge in [0.15, 0.2) is 11.5 Å². The lowest BCUT2D eigenvalue weighted by molar-refractivity contribution is -0.141. The lowest BCUT2D eigenvalue weighted by Crippen LogP contribution is -2.37. The molecule has 0 spiro atoms. The first-order valence-electron chi connectivity index (χ1n) is 8.75. The average Bonchev–Trinajstić information content (AvgIpc) is 2.62. The molecule has 1 aliphatic rings. The van der Waals surface area contributed by atoms with Gasteiger partial charge in [-0.25, -0.2) is 9.97 Å². The van der Waals surface area contributed by atoms with Crippen molar-refractivity contribution in [3.05, 3.63) is 36.3 Å². The molecule has 0 aliphatic carbocycles. The molecule has 1 N–H and O–H groups in total. The molecule has 0 amide bonds. The number of nitrogens with zero attached hydrogens (tertiary/aromatic N) is 4. The summed E-state index contributed by atoms with van der Waals surface area (Å²) in [6.07, 6.45) is 0.885.